The van der Waals surface area contributed by atoms with Gasteiger partial charge in [0.1, 0.15) is 0 Å². The lowest BCUT2D eigenvalue weighted by atomic mass is 9.96. The number of nitrogens with one attached hydrogen (secondary N) is 1. The predicted octanol–water partition coefficient (Wildman–Crippen LogP) is 4.46. The van der Waals surface area contributed by atoms with Crippen LogP contribution in [0, 0.1) is 5.92 Å². The van der Waals surface area contributed by atoms with Gasteiger partial charge in [-0.15, -0.1) is 0 Å². The number of halogens is 1. The number of hydrogen-bond acceptors (Lipinski definition) is 6. The number of carbonyl (C=O) groups is 1. The fourth-order valence-electron chi connectivity index (χ4n) is 4.52. The normalized spacial score (nSPS) is 18.7. The van der Waals surface area contributed by atoms with E-state index in [2.05, 4.69) is 20.4 Å². The van der Waals surface area contributed by atoms with Gasteiger partial charge in [-0.1, -0.05) is 48.2 Å². The van der Waals surface area contributed by atoms with Crippen molar-refractivity contribution in [1.82, 2.24) is 20.4 Å². The number of benzene rings is 1. The quantitative estimate of drug-likeness (QED) is 0.556. The van der Waals surface area contributed by atoms with E-state index in [4.69, 9.17) is 20.9 Å². The Balaban J connectivity index is 1.12. The number of likely N-dealkylation sites (tertiary alicyclic amines) is 1. The molecule has 7 nitrogen and oxygen atoms in total. The monoisotopic (exact) mass is 460 g/mol. The average Bonchev–Trinajstić information content (AvgIpc) is 3.28. The summed E-state index contributed by atoms with van der Waals surface area (Å²) < 4.78 is 11.4. The number of ether oxygens (including phenoxy) is 1. The minimum atomic E-state index is 0.0789. The molecule has 2 fully saturated rings. The molecule has 1 aliphatic carbocycles. The Labute approximate surface area is 194 Å². The first-order valence-electron chi connectivity index (χ1n) is 11.9. The first-order chi connectivity index (χ1) is 15.7. The molecule has 174 valence electrons. The van der Waals surface area contributed by atoms with Crippen LogP contribution in [-0.4, -0.2) is 53.3 Å². The van der Waals surface area contributed by atoms with Crippen LogP contribution in [0.5, 0.6) is 0 Å². The number of carbonyl (C=O) groups excluding carboxylic acids is 1. The van der Waals surface area contributed by atoms with Gasteiger partial charge < -0.3 is 14.6 Å². The van der Waals surface area contributed by atoms with Crippen LogP contribution in [0.4, 0.5) is 0 Å². The summed E-state index contributed by atoms with van der Waals surface area (Å²) in [6.07, 6.45) is 9.31. The first-order valence-corrected chi connectivity index (χ1v) is 12.3. The Morgan fingerprint density at radius 3 is 2.78 bits per heavy atom. The van der Waals surface area contributed by atoms with E-state index in [0.29, 0.717) is 35.9 Å². The lowest BCUT2D eigenvalue weighted by molar-refractivity contribution is -0.126. The fourth-order valence-corrected chi connectivity index (χ4v) is 4.71. The molecule has 1 saturated heterocycles. The summed E-state index contributed by atoms with van der Waals surface area (Å²) in [5.41, 5.74) is 0.840. The van der Waals surface area contributed by atoms with Gasteiger partial charge in [0.2, 0.25) is 17.6 Å². The maximum atomic E-state index is 12.5. The highest BCUT2D eigenvalue weighted by molar-refractivity contribution is 6.30. The van der Waals surface area contributed by atoms with Crippen molar-refractivity contribution in [3.63, 3.8) is 0 Å². The summed E-state index contributed by atoms with van der Waals surface area (Å²) in [5, 5.41) is 7.80. The van der Waals surface area contributed by atoms with Crippen LogP contribution >= 0.6 is 11.6 Å². The van der Waals surface area contributed by atoms with Crippen LogP contribution in [0.2, 0.25) is 5.02 Å². The Kier molecular flexibility index (Phi) is 8.54. The predicted molar refractivity (Wildman–Crippen MR) is 123 cm³/mol. The zero-order chi connectivity index (χ0) is 22.2. The Morgan fingerprint density at radius 2 is 2.00 bits per heavy atom. The zero-order valence-corrected chi connectivity index (χ0v) is 19.4. The van der Waals surface area contributed by atoms with Crippen molar-refractivity contribution in [2.24, 2.45) is 5.92 Å². The largest absolute Gasteiger partial charge is 0.378 e. The number of nitrogens with zero attached hydrogens (tertiary/aromatic N) is 3. The van der Waals surface area contributed by atoms with E-state index in [9.17, 15) is 4.79 Å². The van der Waals surface area contributed by atoms with Crippen molar-refractivity contribution < 1.29 is 14.1 Å². The van der Waals surface area contributed by atoms with Crippen LogP contribution in [0.1, 0.15) is 57.3 Å². The van der Waals surface area contributed by atoms with Gasteiger partial charge in [0.25, 0.3) is 0 Å². The van der Waals surface area contributed by atoms with Crippen molar-refractivity contribution in [1.29, 1.82) is 0 Å². The van der Waals surface area contributed by atoms with Crippen molar-refractivity contribution in [2.45, 2.75) is 64.0 Å². The molecular formula is C24H33ClN4O3. The third kappa shape index (κ3) is 6.77. The molecule has 1 aromatic heterocycles. The summed E-state index contributed by atoms with van der Waals surface area (Å²) in [5.74, 6) is 1.38. The summed E-state index contributed by atoms with van der Waals surface area (Å²) >= 11 is 6.04. The molecule has 32 heavy (non-hydrogen) atoms. The van der Waals surface area contributed by atoms with Gasteiger partial charge in [0.05, 0.1) is 12.6 Å². The molecule has 0 unspecified atom stereocenters. The highest BCUT2D eigenvalue weighted by atomic mass is 35.5. The molecule has 2 aromatic rings. The van der Waals surface area contributed by atoms with Gasteiger partial charge in [-0.25, -0.2) is 0 Å². The fraction of sp³-hybridized carbons (Fsp3) is 0.625. The lowest BCUT2D eigenvalue weighted by Crippen LogP contribution is -2.40. The van der Waals surface area contributed by atoms with Gasteiger partial charge in [-0.3, -0.25) is 9.69 Å². The van der Waals surface area contributed by atoms with Gasteiger partial charge >= 0.3 is 0 Å². The molecule has 1 amide bonds. The lowest BCUT2D eigenvalue weighted by Gasteiger charge is -2.30. The van der Waals surface area contributed by atoms with Crippen LogP contribution in [0.15, 0.2) is 28.8 Å². The van der Waals surface area contributed by atoms with Gasteiger partial charge in [-0.2, -0.15) is 4.98 Å². The van der Waals surface area contributed by atoms with Crippen molar-refractivity contribution in [3.05, 3.63) is 35.2 Å². The summed E-state index contributed by atoms with van der Waals surface area (Å²) in [6.45, 7) is 3.72. The summed E-state index contributed by atoms with van der Waals surface area (Å²) in [7, 11) is 0. The Bertz CT molecular complexity index is 860. The molecular weight excluding hydrogens is 428 g/mol. The number of rotatable bonds is 9. The van der Waals surface area contributed by atoms with Gasteiger partial charge in [0.15, 0.2) is 0 Å². The molecule has 1 N–H and O–H groups in total. The number of aromatic nitrogens is 2. The second kappa shape index (κ2) is 11.8. The molecule has 1 aromatic carbocycles. The molecule has 2 heterocycles. The average molecular weight is 461 g/mol. The minimum Gasteiger partial charge on any atom is -0.378 e. The molecule has 0 bridgehead atoms. The number of piperidine rings is 1. The molecule has 0 atom stereocenters. The van der Waals surface area contributed by atoms with Gasteiger partial charge in [-0.05, 0) is 57.3 Å². The summed E-state index contributed by atoms with van der Waals surface area (Å²) in [4.78, 5) is 19.2. The van der Waals surface area contributed by atoms with E-state index >= 15 is 0 Å². The number of hydrogen-bond donors (Lipinski definition) is 1. The van der Waals surface area contributed by atoms with E-state index in [-0.39, 0.29) is 11.8 Å². The van der Waals surface area contributed by atoms with Crippen LogP contribution < -0.4 is 5.32 Å². The highest BCUT2D eigenvalue weighted by Crippen LogP contribution is 2.23. The van der Waals surface area contributed by atoms with E-state index in [1.807, 2.05) is 24.3 Å². The standard InChI is InChI=1S/C24H33ClN4O3/c25-20-7-4-6-19(16-20)23-27-22(32-28-23)17-29-13-10-18(11-14-29)24(30)26-12-5-15-31-21-8-2-1-3-9-21/h4,6-7,16,18,21H,1-3,5,8-15,17H2,(H,26,30). The first kappa shape index (κ1) is 23.2. The topological polar surface area (TPSA) is 80.5 Å². The third-order valence-electron chi connectivity index (χ3n) is 6.39. The molecule has 1 saturated carbocycles. The van der Waals surface area contributed by atoms with Crippen molar-refractivity contribution in [2.75, 3.05) is 26.2 Å². The molecule has 8 heteroatoms. The minimum absolute atomic E-state index is 0.0789. The van der Waals surface area contributed by atoms with Gasteiger partial charge in [0, 0.05) is 29.7 Å². The van der Waals surface area contributed by atoms with E-state index in [1.165, 1.54) is 32.1 Å². The third-order valence-corrected chi connectivity index (χ3v) is 6.63. The highest BCUT2D eigenvalue weighted by Gasteiger charge is 2.26. The molecule has 1 aliphatic heterocycles. The molecule has 4 rings (SSSR count). The maximum absolute atomic E-state index is 12.5. The van der Waals surface area contributed by atoms with Crippen LogP contribution in [0.25, 0.3) is 11.4 Å². The molecule has 0 spiro atoms. The second-order valence-electron chi connectivity index (χ2n) is 8.85. The SMILES string of the molecule is O=C(NCCCOC1CCCCC1)C1CCN(Cc2nc(-c3cccc(Cl)c3)no2)CC1. The maximum Gasteiger partial charge on any atom is 0.241 e. The zero-order valence-electron chi connectivity index (χ0n) is 18.6. The Hall–Kier alpha value is -1.96. The summed E-state index contributed by atoms with van der Waals surface area (Å²) in [6, 6.07) is 7.42. The van der Waals surface area contributed by atoms with Crippen molar-refractivity contribution >= 4 is 17.5 Å². The molecule has 0 radical (unpaired) electrons. The van der Waals surface area contributed by atoms with E-state index in [0.717, 1.165) is 44.5 Å². The van der Waals surface area contributed by atoms with E-state index < -0.39 is 0 Å². The van der Waals surface area contributed by atoms with Crippen LogP contribution in [0.3, 0.4) is 0 Å². The van der Waals surface area contributed by atoms with Crippen LogP contribution in [-0.2, 0) is 16.1 Å². The molecule has 2 aliphatic rings. The Morgan fingerprint density at radius 1 is 1.19 bits per heavy atom. The van der Waals surface area contributed by atoms with E-state index in [1.54, 1.807) is 0 Å². The van der Waals surface area contributed by atoms with Crippen molar-refractivity contribution in [3.8, 4) is 11.4 Å². The second-order valence-corrected chi connectivity index (χ2v) is 9.28. The number of amides is 1. The smallest absolute Gasteiger partial charge is 0.241 e.